The molecule has 1 unspecified atom stereocenters. The van der Waals surface area contributed by atoms with Crippen LogP contribution in [0.3, 0.4) is 0 Å². The lowest BCUT2D eigenvalue weighted by Gasteiger charge is -2.22. The zero-order chi connectivity index (χ0) is 13.1. The van der Waals surface area contributed by atoms with Gasteiger partial charge in [0.1, 0.15) is 0 Å². The Morgan fingerprint density at radius 1 is 1.17 bits per heavy atom. The average molecular weight is 244 g/mol. The molecule has 2 aromatic carbocycles. The van der Waals surface area contributed by atoms with Crippen LogP contribution in [0.1, 0.15) is 5.56 Å². The lowest BCUT2D eigenvalue weighted by Crippen LogP contribution is -2.34. The van der Waals surface area contributed by atoms with Crippen LogP contribution in [-0.2, 0) is 0 Å². The monoisotopic (exact) mass is 244 g/mol. The zero-order valence-electron chi connectivity index (χ0n) is 10.9. The average Bonchev–Trinajstić information content (AvgIpc) is 2.37. The molecule has 18 heavy (non-hydrogen) atoms. The van der Waals surface area contributed by atoms with Gasteiger partial charge >= 0.3 is 0 Å². The summed E-state index contributed by atoms with van der Waals surface area (Å²) in [6.45, 7) is 2.93. The van der Waals surface area contributed by atoms with Gasteiger partial charge in [-0.05, 0) is 29.8 Å². The Labute approximate surface area is 108 Å². The number of benzene rings is 2. The molecule has 0 amide bonds. The molecule has 3 nitrogen and oxygen atoms in total. The quantitative estimate of drug-likeness (QED) is 0.863. The van der Waals surface area contributed by atoms with Gasteiger partial charge in [-0.1, -0.05) is 29.8 Å². The van der Waals surface area contributed by atoms with Crippen molar-refractivity contribution in [3.63, 3.8) is 0 Å². The van der Waals surface area contributed by atoms with Gasteiger partial charge in [0.25, 0.3) is 0 Å². The minimum Gasteiger partial charge on any atom is -0.390 e. The van der Waals surface area contributed by atoms with Crippen molar-refractivity contribution in [1.29, 1.82) is 0 Å². The molecule has 96 valence electrons. The number of aryl methyl sites for hydroxylation is 1. The standard InChI is InChI=1S/C15H20N2O/c1-11-3-4-13-8-14(6-5-12(13)7-11)17(2)10-15(18)9-16/h3-8,15,18H,9-10,16H2,1-2H3. The molecule has 0 saturated heterocycles. The minimum atomic E-state index is -0.483. The third-order valence-corrected chi connectivity index (χ3v) is 3.18. The van der Waals surface area contributed by atoms with Crippen LogP contribution in [0.5, 0.6) is 0 Å². The van der Waals surface area contributed by atoms with Crippen LogP contribution in [0.25, 0.3) is 10.8 Å². The Morgan fingerprint density at radius 2 is 1.83 bits per heavy atom. The Morgan fingerprint density at radius 3 is 2.56 bits per heavy atom. The van der Waals surface area contributed by atoms with Crippen molar-refractivity contribution in [2.45, 2.75) is 13.0 Å². The maximum atomic E-state index is 9.57. The van der Waals surface area contributed by atoms with Crippen LogP contribution < -0.4 is 10.6 Å². The molecule has 0 fully saturated rings. The minimum absolute atomic E-state index is 0.289. The summed E-state index contributed by atoms with van der Waals surface area (Å²) in [4.78, 5) is 2.02. The zero-order valence-corrected chi connectivity index (χ0v) is 10.9. The van der Waals surface area contributed by atoms with E-state index >= 15 is 0 Å². The lowest BCUT2D eigenvalue weighted by molar-refractivity contribution is 0.189. The molecule has 3 N–H and O–H groups in total. The summed E-state index contributed by atoms with van der Waals surface area (Å²) >= 11 is 0. The summed E-state index contributed by atoms with van der Waals surface area (Å²) in [7, 11) is 1.97. The fourth-order valence-electron chi connectivity index (χ4n) is 2.09. The maximum absolute atomic E-state index is 9.57. The van der Waals surface area contributed by atoms with Crippen molar-refractivity contribution in [1.82, 2.24) is 0 Å². The van der Waals surface area contributed by atoms with E-state index < -0.39 is 6.10 Å². The normalized spacial score (nSPS) is 12.7. The van der Waals surface area contributed by atoms with Crippen molar-refractivity contribution in [3.05, 3.63) is 42.0 Å². The molecule has 0 aliphatic heterocycles. The van der Waals surface area contributed by atoms with E-state index in [1.807, 2.05) is 11.9 Å². The number of fused-ring (bicyclic) bond motifs is 1. The molecule has 2 aromatic rings. The van der Waals surface area contributed by atoms with Crippen LogP contribution in [0.4, 0.5) is 5.69 Å². The van der Waals surface area contributed by atoms with Crippen molar-refractivity contribution in [2.75, 3.05) is 25.0 Å². The predicted octanol–water partition coefficient (Wildman–Crippen LogP) is 1.90. The van der Waals surface area contributed by atoms with E-state index in [0.29, 0.717) is 6.54 Å². The Bertz CT molecular complexity index is 539. The van der Waals surface area contributed by atoms with Crippen LogP contribution >= 0.6 is 0 Å². The molecule has 0 bridgehead atoms. The Kier molecular flexibility index (Phi) is 3.84. The van der Waals surface area contributed by atoms with E-state index in [1.165, 1.54) is 16.3 Å². The first-order chi connectivity index (χ1) is 8.60. The maximum Gasteiger partial charge on any atom is 0.0836 e. The Balaban J connectivity index is 2.26. The highest BCUT2D eigenvalue weighted by molar-refractivity contribution is 5.86. The van der Waals surface area contributed by atoms with Crippen molar-refractivity contribution < 1.29 is 5.11 Å². The highest BCUT2D eigenvalue weighted by Gasteiger charge is 2.07. The second-order valence-corrected chi connectivity index (χ2v) is 4.80. The SMILES string of the molecule is Cc1ccc2cc(N(C)CC(O)CN)ccc2c1. The van der Waals surface area contributed by atoms with Gasteiger partial charge in [-0.25, -0.2) is 0 Å². The van der Waals surface area contributed by atoms with Crippen LogP contribution in [0, 0.1) is 6.92 Å². The second kappa shape index (κ2) is 5.38. The van der Waals surface area contributed by atoms with E-state index in [0.717, 1.165) is 5.69 Å². The van der Waals surface area contributed by atoms with Gasteiger partial charge in [-0.2, -0.15) is 0 Å². The molecular formula is C15H20N2O. The van der Waals surface area contributed by atoms with Gasteiger partial charge in [-0.3, -0.25) is 0 Å². The number of nitrogens with two attached hydrogens (primary N) is 1. The lowest BCUT2D eigenvalue weighted by atomic mass is 10.1. The smallest absolute Gasteiger partial charge is 0.0836 e. The molecule has 0 aliphatic rings. The topological polar surface area (TPSA) is 49.5 Å². The molecule has 1 atom stereocenters. The van der Waals surface area contributed by atoms with Gasteiger partial charge in [-0.15, -0.1) is 0 Å². The largest absolute Gasteiger partial charge is 0.390 e. The molecule has 0 heterocycles. The van der Waals surface area contributed by atoms with Gasteiger partial charge < -0.3 is 15.7 Å². The summed E-state index contributed by atoms with van der Waals surface area (Å²) in [6, 6.07) is 12.7. The van der Waals surface area contributed by atoms with Gasteiger partial charge in [0, 0.05) is 25.8 Å². The summed E-state index contributed by atoms with van der Waals surface area (Å²) in [5, 5.41) is 12.0. The first-order valence-corrected chi connectivity index (χ1v) is 6.20. The molecule has 0 aromatic heterocycles. The Hall–Kier alpha value is -1.58. The number of hydrogen-bond acceptors (Lipinski definition) is 3. The number of aliphatic hydroxyl groups excluding tert-OH is 1. The number of anilines is 1. The fourth-order valence-corrected chi connectivity index (χ4v) is 2.09. The van der Waals surface area contributed by atoms with Crippen LogP contribution in [-0.4, -0.2) is 31.3 Å². The number of hydrogen-bond donors (Lipinski definition) is 2. The van der Waals surface area contributed by atoms with Crippen LogP contribution in [0.15, 0.2) is 36.4 Å². The first kappa shape index (κ1) is 12.9. The third kappa shape index (κ3) is 2.81. The molecule has 0 aliphatic carbocycles. The van der Waals surface area contributed by atoms with Gasteiger partial charge in [0.05, 0.1) is 6.10 Å². The highest BCUT2D eigenvalue weighted by Crippen LogP contribution is 2.22. The summed E-state index contributed by atoms with van der Waals surface area (Å²) < 4.78 is 0. The molecule has 2 rings (SSSR count). The third-order valence-electron chi connectivity index (χ3n) is 3.18. The number of rotatable bonds is 4. The highest BCUT2D eigenvalue weighted by atomic mass is 16.3. The molecule has 0 radical (unpaired) electrons. The number of likely N-dealkylation sites (N-methyl/N-ethyl adjacent to an activating group) is 1. The van der Waals surface area contributed by atoms with Gasteiger partial charge in [0.2, 0.25) is 0 Å². The van der Waals surface area contributed by atoms with Gasteiger partial charge in [0.15, 0.2) is 0 Å². The number of aliphatic hydroxyl groups is 1. The second-order valence-electron chi connectivity index (χ2n) is 4.80. The molecule has 0 saturated carbocycles. The summed E-state index contributed by atoms with van der Waals surface area (Å²) in [5.41, 5.74) is 7.79. The van der Waals surface area contributed by atoms with E-state index in [-0.39, 0.29) is 6.54 Å². The van der Waals surface area contributed by atoms with E-state index in [9.17, 15) is 5.11 Å². The summed E-state index contributed by atoms with van der Waals surface area (Å²) in [6.07, 6.45) is -0.483. The summed E-state index contributed by atoms with van der Waals surface area (Å²) in [5.74, 6) is 0. The molecule has 3 heteroatoms. The van der Waals surface area contributed by atoms with Crippen molar-refractivity contribution in [2.24, 2.45) is 5.73 Å². The van der Waals surface area contributed by atoms with Crippen LogP contribution in [0.2, 0.25) is 0 Å². The molecular weight excluding hydrogens is 224 g/mol. The first-order valence-electron chi connectivity index (χ1n) is 6.20. The van der Waals surface area contributed by atoms with E-state index in [4.69, 9.17) is 5.73 Å². The van der Waals surface area contributed by atoms with E-state index in [2.05, 4.69) is 43.3 Å². The number of nitrogens with zero attached hydrogens (tertiary/aromatic N) is 1. The van der Waals surface area contributed by atoms with E-state index in [1.54, 1.807) is 0 Å². The van der Waals surface area contributed by atoms with Crippen molar-refractivity contribution in [3.8, 4) is 0 Å². The predicted molar refractivity (Wildman–Crippen MR) is 77.0 cm³/mol. The van der Waals surface area contributed by atoms with Crippen molar-refractivity contribution >= 4 is 16.5 Å². The fraction of sp³-hybridized carbons (Fsp3) is 0.333. The molecule has 0 spiro atoms.